The smallest absolute Gasteiger partial charge is 0.127 e. The zero-order valence-corrected chi connectivity index (χ0v) is 8.41. The summed E-state index contributed by atoms with van der Waals surface area (Å²) in [7, 11) is 0. The Morgan fingerprint density at radius 3 is 2.47 bits per heavy atom. The van der Waals surface area contributed by atoms with Gasteiger partial charge in [-0.15, -0.1) is 0 Å². The minimum atomic E-state index is -0.231. The Kier molecular flexibility index (Phi) is 2.04. The Balaban J connectivity index is 2.08. The SMILES string of the molecule is Fc1ccccc1C12COCC1COC2. The number of benzene rings is 1. The van der Waals surface area contributed by atoms with Crippen molar-refractivity contribution < 1.29 is 13.9 Å². The first kappa shape index (κ1) is 9.31. The van der Waals surface area contributed by atoms with Crippen molar-refractivity contribution in [3.8, 4) is 0 Å². The lowest BCUT2D eigenvalue weighted by atomic mass is 9.75. The fourth-order valence-corrected chi connectivity index (χ4v) is 2.65. The van der Waals surface area contributed by atoms with Gasteiger partial charge in [0.05, 0.1) is 31.8 Å². The summed E-state index contributed by atoms with van der Waals surface area (Å²) < 4.78 is 24.7. The van der Waals surface area contributed by atoms with E-state index in [-0.39, 0.29) is 11.2 Å². The van der Waals surface area contributed by atoms with Gasteiger partial charge in [0.1, 0.15) is 5.82 Å². The van der Waals surface area contributed by atoms with E-state index in [9.17, 15) is 4.39 Å². The van der Waals surface area contributed by atoms with Crippen molar-refractivity contribution in [3.05, 3.63) is 35.6 Å². The molecule has 0 N–H and O–H groups in total. The molecule has 2 aliphatic rings. The highest BCUT2D eigenvalue weighted by molar-refractivity contribution is 5.31. The van der Waals surface area contributed by atoms with Crippen LogP contribution in [0.4, 0.5) is 4.39 Å². The molecule has 3 heteroatoms. The predicted octanol–water partition coefficient (Wildman–Crippen LogP) is 1.74. The summed E-state index contributed by atoms with van der Waals surface area (Å²) in [6.45, 7) is 2.54. The van der Waals surface area contributed by atoms with Crippen LogP contribution in [0, 0.1) is 11.7 Å². The first-order valence-electron chi connectivity index (χ1n) is 5.23. The van der Waals surface area contributed by atoms with Crippen LogP contribution in [-0.2, 0) is 14.9 Å². The lowest BCUT2D eigenvalue weighted by Gasteiger charge is -2.26. The van der Waals surface area contributed by atoms with Gasteiger partial charge in [-0.2, -0.15) is 0 Å². The molecule has 2 saturated heterocycles. The van der Waals surface area contributed by atoms with E-state index in [0.717, 1.165) is 5.56 Å². The van der Waals surface area contributed by atoms with E-state index in [1.165, 1.54) is 6.07 Å². The molecule has 0 bridgehead atoms. The summed E-state index contributed by atoms with van der Waals surface area (Å²) in [5.74, 6) is 0.174. The van der Waals surface area contributed by atoms with Crippen molar-refractivity contribution in [1.29, 1.82) is 0 Å². The standard InChI is InChI=1S/C12H13FO2/c13-11-4-2-1-3-10(11)12-7-14-5-9(12)6-15-8-12/h1-4,9H,5-8H2. The Morgan fingerprint density at radius 1 is 1.13 bits per heavy atom. The van der Waals surface area contributed by atoms with E-state index in [1.807, 2.05) is 12.1 Å². The molecular formula is C12H13FO2. The van der Waals surface area contributed by atoms with Crippen LogP contribution >= 0.6 is 0 Å². The molecule has 2 heterocycles. The number of hydrogen-bond acceptors (Lipinski definition) is 2. The molecule has 0 atom stereocenters. The maximum Gasteiger partial charge on any atom is 0.127 e. The normalized spacial score (nSPS) is 34.3. The third-order valence-corrected chi connectivity index (χ3v) is 3.55. The highest BCUT2D eigenvalue weighted by Crippen LogP contribution is 2.43. The minimum Gasteiger partial charge on any atom is -0.380 e. The maximum absolute atomic E-state index is 13.8. The average Bonchev–Trinajstić information content (AvgIpc) is 2.77. The molecule has 0 aliphatic carbocycles. The first-order chi connectivity index (χ1) is 7.33. The monoisotopic (exact) mass is 208 g/mol. The predicted molar refractivity (Wildman–Crippen MR) is 53.2 cm³/mol. The van der Waals surface area contributed by atoms with Gasteiger partial charge in [0.25, 0.3) is 0 Å². The van der Waals surface area contributed by atoms with E-state index in [4.69, 9.17) is 9.47 Å². The summed E-state index contributed by atoms with van der Waals surface area (Å²) in [4.78, 5) is 0. The molecule has 0 saturated carbocycles. The summed E-state index contributed by atoms with van der Waals surface area (Å²) in [5, 5.41) is 0. The van der Waals surface area contributed by atoms with Crippen LogP contribution in [-0.4, -0.2) is 26.4 Å². The Labute approximate surface area is 88.0 Å². The number of rotatable bonds is 1. The second-order valence-electron chi connectivity index (χ2n) is 4.36. The molecule has 80 valence electrons. The van der Waals surface area contributed by atoms with E-state index in [2.05, 4.69) is 0 Å². The average molecular weight is 208 g/mol. The fraction of sp³-hybridized carbons (Fsp3) is 0.500. The topological polar surface area (TPSA) is 18.5 Å². The number of hydrogen-bond donors (Lipinski definition) is 0. The van der Waals surface area contributed by atoms with E-state index in [1.54, 1.807) is 6.07 Å². The van der Waals surface area contributed by atoms with Gasteiger partial charge < -0.3 is 9.47 Å². The molecule has 1 aromatic rings. The summed E-state index contributed by atoms with van der Waals surface area (Å²) >= 11 is 0. The Hall–Kier alpha value is -0.930. The van der Waals surface area contributed by atoms with Crippen LogP contribution in [0.2, 0.25) is 0 Å². The summed E-state index contributed by atoms with van der Waals surface area (Å²) in [6, 6.07) is 6.96. The Bertz CT molecular complexity index is 368. The van der Waals surface area contributed by atoms with Gasteiger partial charge in [0.2, 0.25) is 0 Å². The second-order valence-corrected chi connectivity index (χ2v) is 4.36. The van der Waals surface area contributed by atoms with E-state index in [0.29, 0.717) is 32.3 Å². The zero-order valence-electron chi connectivity index (χ0n) is 8.41. The van der Waals surface area contributed by atoms with Gasteiger partial charge in [0, 0.05) is 5.92 Å². The molecular weight excluding hydrogens is 195 g/mol. The third-order valence-electron chi connectivity index (χ3n) is 3.55. The molecule has 0 aromatic heterocycles. The van der Waals surface area contributed by atoms with Crippen LogP contribution in [0.3, 0.4) is 0 Å². The van der Waals surface area contributed by atoms with Crippen molar-refractivity contribution >= 4 is 0 Å². The minimum absolute atomic E-state index is 0.140. The molecule has 1 aromatic carbocycles. The summed E-state index contributed by atoms with van der Waals surface area (Å²) in [5.41, 5.74) is 0.524. The largest absolute Gasteiger partial charge is 0.380 e. The van der Waals surface area contributed by atoms with Gasteiger partial charge >= 0.3 is 0 Å². The van der Waals surface area contributed by atoms with Crippen LogP contribution < -0.4 is 0 Å². The third kappa shape index (κ3) is 1.23. The zero-order chi connectivity index (χ0) is 10.3. The van der Waals surface area contributed by atoms with Crippen molar-refractivity contribution in [3.63, 3.8) is 0 Å². The van der Waals surface area contributed by atoms with Crippen LogP contribution in [0.1, 0.15) is 5.56 Å². The highest BCUT2D eigenvalue weighted by Gasteiger charge is 2.50. The van der Waals surface area contributed by atoms with Crippen LogP contribution in [0.5, 0.6) is 0 Å². The van der Waals surface area contributed by atoms with Crippen molar-refractivity contribution in [2.75, 3.05) is 26.4 Å². The maximum atomic E-state index is 13.8. The van der Waals surface area contributed by atoms with E-state index >= 15 is 0 Å². The Morgan fingerprint density at radius 2 is 1.80 bits per heavy atom. The second kappa shape index (κ2) is 3.29. The van der Waals surface area contributed by atoms with Gasteiger partial charge in [-0.25, -0.2) is 4.39 Å². The van der Waals surface area contributed by atoms with Crippen LogP contribution in [0.25, 0.3) is 0 Å². The molecule has 2 nitrogen and oxygen atoms in total. The molecule has 0 unspecified atom stereocenters. The lowest BCUT2D eigenvalue weighted by molar-refractivity contribution is 0.100. The van der Waals surface area contributed by atoms with Crippen LogP contribution in [0.15, 0.2) is 24.3 Å². The van der Waals surface area contributed by atoms with Gasteiger partial charge in [-0.3, -0.25) is 0 Å². The van der Waals surface area contributed by atoms with Gasteiger partial charge in [-0.1, -0.05) is 18.2 Å². The summed E-state index contributed by atoms with van der Waals surface area (Å²) in [6.07, 6.45) is 0. The van der Waals surface area contributed by atoms with Crippen molar-refractivity contribution in [2.24, 2.45) is 5.92 Å². The molecule has 3 rings (SSSR count). The molecule has 0 spiro atoms. The number of fused-ring (bicyclic) bond motifs is 1. The molecule has 0 amide bonds. The molecule has 0 radical (unpaired) electrons. The molecule has 15 heavy (non-hydrogen) atoms. The highest BCUT2D eigenvalue weighted by atomic mass is 19.1. The van der Waals surface area contributed by atoms with Crippen molar-refractivity contribution in [1.82, 2.24) is 0 Å². The quantitative estimate of drug-likeness (QED) is 0.700. The fourth-order valence-electron chi connectivity index (χ4n) is 2.65. The number of halogens is 1. The first-order valence-corrected chi connectivity index (χ1v) is 5.23. The van der Waals surface area contributed by atoms with E-state index < -0.39 is 0 Å². The van der Waals surface area contributed by atoms with Crippen molar-refractivity contribution in [2.45, 2.75) is 5.41 Å². The lowest BCUT2D eigenvalue weighted by Crippen LogP contribution is -2.34. The molecule has 2 fully saturated rings. The van der Waals surface area contributed by atoms with Gasteiger partial charge in [0.15, 0.2) is 0 Å². The number of ether oxygens (including phenoxy) is 2. The van der Waals surface area contributed by atoms with Gasteiger partial charge in [-0.05, 0) is 11.6 Å². The molecule has 2 aliphatic heterocycles.